The number of hydrogen-bond acceptors (Lipinski definition) is 7. The second-order valence-electron chi connectivity index (χ2n) is 5.49. The zero-order chi connectivity index (χ0) is 15.4. The van der Waals surface area contributed by atoms with Crippen LogP contribution in [0.15, 0.2) is 6.33 Å². The molecule has 2 rings (SSSR count). The molecule has 0 unspecified atom stereocenters. The van der Waals surface area contributed by atoms with Gasteiger partial charge in [-0.15, -0.1) is 0 Å². The molecule has 21 heavy (non-hydrogen) atoms. The molecule has 0 amide bonds. The highest BCUT2D eigenvalue weighted by atomic mass is 16.6. The van der Waals surface area contributed by atoms with Gasteiger partial charge < -0.3 is 10.3 Å². The van der Waals surface area contributed by atoms with Crippen molar-refractivity contribution in [2.45, 2.75) is 45.1 Å². The zero-order valence-corrected chi connectivity index (χ0v) is 12.5. The number of aromatic nitrogens is 2. The first-order chi connectivity index (χ1) is 10.1. The second-order valence-corrected chi connectivity index (χ2v) is 5.49. The van der Waals surface area contributed by atoms with E-state index in [1.807, 2.05) is 11.9 Å². The molecule has 1 aromatic heterocycles. The van der Waals surface area contributed by atoms with Crippen LogP contribution in [-0.2, 0) is 0 Å². The highest BCUT2D eigenvalue weighted by molar-refractivity contribution is 5.69. The number of nitrogens with one attached hydrogen (secondary N) is 1. The Hall–Kier alpha value is -1.96. The molecule has 0 atom stereocenters. The van der Waals surface area contributed by atoms with Crippen LogP contribution in [0.1, 0.15) is 39.0 Å². The van der Waals surface area contributed by atoms with E-state index in [-0.39, 0.29) is 17.5 Å². The second kappa shape index (κ2) is 6.66. The van der Waals surface area contributed by atoms with E-state index in [1.165, 1.54) is 12.7 Å². The molecule has 8 heteroatoms. The molecule has 0 aromatic carbocycles. The number of rotatable bonds is 5. The van der Waals surface area contributed by atoms with Crippen molar-refractivity contribution >= 4 is 17.3 Å². The summed E-state index contributed by atoms with van der Waals surface area (Å²) in [6.45, 7) is 2.21. The van der Waals surface area contributed by atoms with Gasteiger partial charge in [-0.1, -0.05) is 13.3 Å². The first-order valence-electron chi connectivity index (χ1n) is 7.27. The van der Waals surface area contributed by atoms with Gasteiger partial charge in [0.15, 0.2) is 0 Å². The van der Waals surface area contributed by atoms with Crippen LogP contribution >= 0.6 is 0 Å². The number of hydrazine groups is 1. The maximum atomic E-state index is 11.3. The Morgan fingerprint density at radius 3 is 2.62 bits per heavy atom. The quantitative estimate of drug-likeness (QED) is 0.486. The van der Waals surface area contributed by atoms with E-state index < -0.39 is 4.92 Å². The summed E-state index contributed by atoms with van der Waals surface area (Å²) in [5.41, 5.74) is 2.11. The molecule has 0 saturated heterocycles. The van der Waals surface area contributed by atoms with E-state index in [9.17, 15) is 10.1 Å². The Balaban J connectivity index is 2.23. The fourth-order valence-corrected chi connectivity index (χ4v) is 3.01. The van der Waals surface area contributed by atoms with E-state index in [0.717, 1.165) is 31.6 Å². The molecule has 8 nitrogen and oxygen atoms in total. The van der Waals surface area contributed by atoms with Gasteiger partial charge in [0.25, 0.3) is 0 Å². The van der Waals surface area contributed by atoms with Gasteiger partial charge in [0.05, 0.1) is 4.92 Å². The molecule has 0 radical (unpaired) electrons. The van der Waals surface area contributed by atoms with Crippen molar-refractivity contribution in [3.8, 4) is 0 Å². The van der Waals surface area contributed by atoms with Crippen LogP contribution in [0.5, 0.6) is 0 Å². The minimum atomic E-state index is -0.487. The molecule has 1 aliphatic rings. The number of nitrogen functional groups attached to an aromatic ring is 1. The van der Waals surface area contributed by atoms with Crippen LogP contribution in [0.4, 0.5) is 17.3 Å². The first kappa shape index (κ1) is 15.4. The van der Waals surface area contributed by atoms with E-state index in [0.29, 0.717) is 5.82 Å². The van der Waals surface area contributed by atoms with Crippen LogP contribution in [0.3, 0.4) is 0 Å². The van der Waals surface area contributed by atoms with Crippen molar-refractivity contribution in [3.05, 3.63) is 16.4 Å². The SMILES string of the molecule is CCC1CCC(N(C)c2ncnc(NN)c2[N+](=O)[O-])CC1. The predicted octanol–water partition coefficient (Wildman–Crippen LogP) is 2.08. The van der Waals surface area contributed by atoms with Gasteiger partial charge in [-0.2, -0.15) is 0 Å². The monoisotopic (exact) mass is 294 g/mol. The normalized spacial score (nSPS) is 21.9. The minimum Gasteiger partial charge on any atom is -0.351 e. The molecule has 0 bridgehead atoms. The Morgan fingerprint density at radius 1 is 1.43 bits per heavy atom. The number of anilines is 2. The fraction of sp³-hybridized carbons (Fsp3) is 0.692. The van der Waals surface area contributed by atoms with Crippen molar-refractivity contribution in [3.63, 3.8) is 0 Å². The third kappa shape index (κ3) is 3.21. The maximum Gasteiger partial charge on any atom is 0.354 e. The van der Waals surface area contributed by atoms with Gasteiger partial charge in [-0.05, 0) is 31.6 Å². The van der Waals surface area contributed by atoms with Crippen molar-refractivity contribution in [1.82, 2.24) is 9.97 Å². The van der Waals surface area contributed by atoms with Crippen molar-refractivity contribution in [2.24, 2.45) is 11.8 Å². The van der Waals surface area contributed by atoms with Crippen LogP contribution in [0, 0.1) is 16.0 Å². The maximum absolute atomic E-state index is 11.3. The summed E-state index contributed by atoms with van der Waals surface area (Å²) in [6.07, 6.45) is 6.87. The summed E-state index contributed by atoms with van der Waals surface area (Å²) in [7, 11) is 1.85. The van der Waals surface area contributed by atoms with Gasteiger partial charge >= 0.3 is 5.69 Å². The van der Waals surface area contributed by atoms with Gasteiger partial charge in [0.2, 0.25) is 11.6 Å². The van der Waals surface area contributed by atoms with E-state index in [2.05, 4.69) is 22.3 Å². The Bertz CT molecular complexity index is 501. The van der Waals surface area contributed by atoms with Crippen molar-refractivity contribution < 1.29 is 4.92 Å². The molecule has 1 fully saturated rings. The summed E-state index contributed by atoms with van der Waals surface area (Å²) >= 11 is 0. The average molecular weight is 294 g/mol. The number of nitrogens with zero attached hydrogens (tertiary/aromatic N) is 4. The van der Waals surface area contributed by atoms with Gasteiger partial charge in [-0.3, -0.25) is 10.1 Å². The van der Waals surface area contributed by atoms with Crippen LogP contribution in [0.25, 0.3) is 0 Å². The number of nitrogens with two attached hydrogens (primary N) is 1. The van der Waals surface area contributed by atoms with Gasteiger partial charge in [-0.25, -0.2) is 15.8 Å². The average Bonchev–Trinajstić information content (AvgIpc) is 2.53. The Kier molecular flexibility index (Phi) is 4.89. The lowest BCUT2D eigenvalue weighted by atomic mass is 9.84. The third-order valence-electron chi connectivity index (χ3n) is 4.40. The summed E-state index contributed by atoms with van der Waals surface area (Å²) in [6, 6.07) is 0.270. The fourth-order valence-electron chi connectivity index (χ4n) is 3.01. The topological polar surface area (TPSA) is 110 Å². The van der Waals surface area contributed by atoms with Crippen LogP contribution in [-0.4, -0.2) is 28.0 Å². The molecule has 3 N–H and O–H groups in total. The molecule has 0 spiro atoms. The molecular formula is C13H22N6O2. The summed E-state index contributed by atoms with van der Waals surface area (Å²) in [5, 5.41) is 11.3. The highest BCUT2D eigenvalue weighted by Crippen LogP contribution is 2.35. The lowest BCUT2D eigenvalue weighted by Crippen LogP contribution is -2.36. The summed E-state index contributed by atoms with van der Waals surface area (Å²) in [5.74, 6) is 6.45. The third-order valence-corrected chi connectivity index (χ3v) is 4.40. The van der Waals surface area contributed by atoms with Gasteiger partial charge in [0, 0.05) is 13.1 Å². The highest BCUT2D eigenvalue weighted by Gasteiger charge is 2.30. The predicted molar refractivity (Wildman–Crippen MR) is 80.9 cm³/mol. The Morgan fingerprint density at radius 2 is 2.10 bits per heavy atom. The van der Waals surface area contributed by atoms with Crippen LogP contribution < -0.4 is 16.2 Å². The lowest BCUT2D eigenvalue weighted by Gasteiger charge is -2.34. The number of nitro groups is 1. The van der Waals surface area contributed by atoms with E-state index >= 15 is 0 Å². The molecule has 1 heterocycles. The zero-order valence-electron chi connectivity index (χ0n) is 12.5. The summed E-state index contributed by atoms with van der Waals surface area (Å²) in [4.78, 5) is 20.6. The molecule has 116 valence electrons. The molecule has 1 aliphatic carbocycles. The Labute approximate surface area is 123 Å². The molecule has 1 saturated carbocycles. The van der Waals surface area contributed by atoms with Gasteiger partial charge in [0.1, 0.15) is 6.33 Å². The lowest BCUT2D eigenvalue weighted by molar-refractivity contribution is -0.383. The molecule has 1 aromatic rings. The van der Waals surface area contributed by atoms with Crippen molar-refractivity contribution in [2.75, 3.05) is 17.4 Å². The van der Waals surface area contributed by atoms with E-state index in [1.54, 1.807) is 0 Å². The van der Waals surface area contributed by atoms with E-state index in [4.69, 9.17) is 5.84 Å². The standard InChI is InChI=1S/C13H22N6O2/c1-3-9-4-6-10(7-5-9)18(2)13-11(19(20)21)12(17-14)15-8-16-13/h8-10H,3-7,14H2,1-2H3,(H,15,16,17). The molecular weight excluding hydrogens is 272 g/mol. The largest absolute Gasteiger partial charge is 0.354 e. The minimum absolute atomic E-state index is 0.0408. The number of hydrogen-bond donors (Lipinski definition) is 2. The van der Waals surface area contributed by atoms with Crippen LogP contribution in [0.2, 0.25) is 0 Å². The van der Waals surface area contributed by atoms with Crippen molar-refractivity contribution in [1.29, 1.82) is 0 Å². The molecule has 0 aliphatic heterocycles. The smallest absolute Gasteiger partial charge is 0.351 e. The summed E-state index contributed by atoms with van der Waals surface area (Å²) < 4.78 is 0. The first-order valence-corrected chi connectivity index (χ1v) is 7.27.